The lowest BCUT2D eigenvalue weighted by Gasteiger charge is -2.12. The number of amides is 1. The fraction of sp³-hybridized carbons (Fsp3) is 0.263. The lowest BCUT2D eigenvalue weighted by atomic mass is 10.1. The molecule has 0 aromatic heterocycles. The van der Waals surface area contributed by atoms with Gasteiger partial charge in [-0.3, -0.25) is 14.9 Å². The first-order chi connectivity index (χ1) is 13.0. The fourth-order valence-electron chi connectivity index (χ4n) is 2.27. The maximum absolute atomic E-state index is 12.1. The molecule has 1 N–H and O–H groups in total. The standard InChI is InChI=1S/C19H21N3O5/c1-4-26-17-11-8-15(12-18(17)27-5-2)13(3)20-21-19(23)14-6-9-16(10-7-14)22(24)25/h6-12H,4-5H2,1-3H3,(H,21,23)/b20-13-. The van der Waals surface area contributed by atoms with Crippen LogP contribution < -0.4 is 14.9 Å². The van der Waals surface area contributed by atoms with Crippen molar-refractivity contribution in [1.29, 1.82) is 0 Å². The highest BCUT2D eigenvalue weighted by Crippen LogP contribution is 2.28. The van der Waals surface area contributed by atoms with Crippen LogP contribution in [-0.4, -0.2) is 29.8 Å². The minimum absolute atomic E-state index is 0.0796. The summed E-state index contributed by atoms with van der Waals surface area (Å²) in [5.74, 6) is 0.791. The Hall–Kier alpha value is -3.42. The van der Waals surface area contributed by atoms with Crippen LogP contribution in [-0.2, 0) is 0 Å². The Bertz CT molecular complexity index is 847. The van der Waals surface area contributed by atoms with Gasteiger partial charge in [-0.2, -0.15) is 5.10 Å². The van der Waals surface area contributed by atoms with Gasteiger partial charge >= 0.3 is 0 Å². The van der Waals surface area contributed by atoms with E-state index in [2.05, 4.69) is 10.5 Å². The van der Waals surface area contributed by atoms with Crippen molar-refractivity contribution in [2.24, 2.45) is 5.10 Å². The van der Waals surface area contributed by atoms with Gasteiger partial charge < -0.3 is 9.47 Å². The zero-order valence-electron chi connectivity index (χ0n) is 15.4. The highest BCUT2D eigenvalue weighted by molar-refractivity contribution is 6.01. The van der Waals surface area contributed by atoms with Crippen molar-refractivity contribution in [3.8, 4) is 11.5 Å². The van der Waals surface area contributed by atoms with Gasteiger partial charge in [-0.1, -0.05) is 0 Å². The number of carbonyl (C=O) groups is 1. The number of nitro benzene ring substituents is 1. The number of nitrogens with zero attached hydrogens (tertiary/aromatic N) is 2. The number of carbonyl (C=O) groups excluding carboxylic acids is 1. The van der Waals surface area contributed by atoms with Gasteiger partial charge in [0.15, 0.2) is 11.5 Å². The summed E-state index contributed by atoms with van der Waals surface area (Å²) < 4.78 is 11.1. The molecule has 0 bridgehead atoms. The third-order valence-corrected chi connectivity index (χ3v) is 3.63. The van der Waals surface area contributed by atoms with E-state index in [-0.39, 0.29) is 11.3 Å². The number of hydrazone groups is 1. The Morgan fingerprint density at radius 1 is 1.04 bits per heavy atom. The summed E-state index contributed by atoms with van der Waals surface area (Å²) in [5, 5.41) is 14.7. The first-order valence-electron chi connectivity index (χ1n) is 8.45. The zero-order chi connectivity index (χ0) is 19.8. The SMILES string of the molecule is CCOc1ccc(/C(C)=N\NC(=O)c2ccc([N+](=O)[O-])cc2)cc1OCC. The van der Waals surface area contributed by atoms with Gasteiger partial charge in [0.25, 0.3) is 11.6 Å². The Morgan fingerprint density at radius 2 is 1.63 bits per heavy atom. The molecular formula is C19H21N3O5. The van der Waals surface area contributed by atoms with Crippen LogP contribution in [0.3, 0.4) is 0 Å². The molecule has 0 spiro atoms. The average Bonchev–Trinajstić information content (AvgIpc) is 2.67. The lowest BCUT2D eigenvalue weighted by molar-refractivity contribution is -0.384. The van der Waals surface area contributed by atoms with Crippen LogP contribution >= 0.6 is 0 Å². The van der Waals surface area contributed by atoms with Gasteiger partial charge in [0.1, 0.15) is 0 Å². The normalized spacial score (nSPS) is 11.0. The number of benzene rings is 2. The van der Waals surface area contributed by atoms with Gasteiger partial charge in [-0.15, -0.1) is 0 Å². The average molecular weight is 371 g/mol. The second-order valence-corrected chi connectivity index (χ2v) is 5.47. The number of nitrogens with one attached hydrogen (secondary N) is 1. The van der Waals surface area contributed by atoms with E-state index in [1.54, 1.807) is 19.1 Å². The van der Waals surface area contributed by atoms with E-state index in [1.165, 1.54) is 24.3 Å². The molecule has 0 unspecified atom stereocenters. The largest absolute Gasteiger partial charge is 0.490 e. The van der Waals surface area contributed by atoms with Crippen LogP contribution in [0.5, 0.6) is 11.5 Å². The molecule has 0 radical (unpaired) electrons. The molecule has 0 saturated carbocycles. The Kier molecular flexibility index (Phi) is 6.87. The quantitative estimate of drug-likeness (QED) is 0.434. The van der Waals surface area contributed by atoms with E-state index in [4.69, 9.17) is 9.47 Å². The number of rotatable bonds is 8. The molecule has 8 heteroatoms. The van der Waals surface area contributed by atoms with Crippen molar-refractivity contribution >= 4 is 17.3 Å². The van der Waals surface area contributed by atoms with E-state index in [9.17, 15) is 14.9 Å². The van der Waals surface area contributed by atoms with E-state index in [0.717, 1.165) is 5.56 Å². The van der Waals surface area contributed by atoms with Crippen LogP contribution in [0.15, 0.2) is 47.6 Å². The number of hydrogen-bond donors (Lipinski definition) is 1. The molecule has 0 aliphatic heterocycles. The minimum atomic E-state index is -0.522. The number of nitro groups is 1. The molecule has 0 aliphatic rings. The molecule has 0 saturated heterocycles. The van der Waals surface area contributed by atoms with Crippen molar-refractivity contribution in [3.05, 3.63) is 63.7 Å². The summed E-state index contributed by atoms with van der Waals surface area (Å²) >= 11 is 0. The monoisotopic (exact) mass is 371 g/mol. The smallest absolute Gasteiger partial charge is 0.271 e. The molecule has 2 aromatic carbocycles. The molecule has 0 atom stereocenters. The Morgan fingerprint density at radius 3 is 2.22 bits per heavy atom. The first-order valence-corrected chi connectivity index (χ1v) is 8.45. The molecule has 2 aromatic rings. The van der Waals surface area contributed by atoms with Crippen LogP contribution in [0.2, 0.25) is 0 Å². The number of non-ortho nitro benzene ring substituents is 1. The van der Waals surface area contributed by atoms with Gasteiger partial charge in [0, 0.05) is 23.3 Å². The summed E-state index contributed by atoms with van der Waals surface area (Å²) in [7, 11) is 0. The van der Waals surface area contributed by atoms with Crippen molar-refractivity contribution < 1.29 is 19.2 Å². The van der Waals surface area contributed by atoms with Crippen molar-refractivity contribution in [3.63, 3.8) is 0 Å². The lowest BCUT2D eigenvalue weighted by Crippen LogP contribution is -2.19. The molecule has 142 valence electrons. The second-order valence-electron chi connectivity index (χ2n) is 5.47. The number of hydrogen-bond acceptors (Lipinski definition) is 6. The first kappa shape index (κ1) is 19.9. The molecule has 0 heterocycles. The molecule has 1 amide bonds. The van der Waals surface area contributed by atoms with Gasteiger partial charge in [-0.05, 0) is 51.1 Å². The molecule has 8 nitrogen and oxygen atoms in total. The maximum atomic E-state index is 12.1. The van der Waals surface area contributed by atoms with E-state index in [1.807, 2.05) is 19.9 Å². The molecule has 27 heavy (non-hydrogen) atoms. The Balaban J connectivity index is 2.13. The van der Waals surface area contributed by atoms with Gasteiger partial charge in [0.2, 0.25) is 0 Å². The zero-order valence-corrected chi connectivity index (χ0v) is 15.4. The third kappa shape index (κ3) is 5.27. The van der Waals surface area contributed by atoms with Crippen LogP contribution in [0.25, 0.3) is 0 Å². The minimum Gasteiger partial charge on any atom is -0.490 e. The van der Waals surface area contributed by atoms with E-state index >= 15 is 0 Å². The fourth-order valence-corrected chi connectivity index (χ4v) is 2.27. The van der Waals surface area contributed by atoms with E-state index in [0.29, 0.717) is 30.4 Å². The van der Waals surface area contributed by atoms with Crippen LogP contribution in [0.1, 0.15) is 36.7 Å². The molecule has 0 fully saturated rings. The Labute approximate surface area is 157 Å². The van der Waals surface area contributed by atoms with Crippen molar-refractivity contribution in [2.45, 2.75) is 20.8 Å². The second kappa shape index (κ2) is 9.33. The summed E-state index contributed by atoms with van der Waals surface area (Å²) in [4.78, 5) is 22.3. The topological polar surface area (TPSA) is 103 Å². The highest BCUT2D eigenvalue weighted by atomic mass is 16.6. The third-order valence-electron chi connectivity index (χ3n) is 3.63. The van der Waals surface area contributed by atoms with Crippen LogP contribution in [0.4, 0.5) is 5.69 Å². The molecular weight excluding hydrogens is 350 g/mol. The van der Waals surface area contributed by atoms with Crippen LogP contribution in [0, 0.1) is 10.1 Å². The number of ether oxygens (including phenoxy) is 2. The predicted octanol–water partition coefficient (Wildman–Crippen LogP) is 3.55. The highest BCUT2D eigenvalue weighted by Gasteiger charge is 2.10. The predicted molar refractivity (Wildman–Crippen MR) is 102 cm³/mol. The maximum Gasteiger partial charge on any atom is 0.271 e. The van der Waals surface area contributed by atoms with Crippen molar-refractivity contribution in [1.82, 2.24) is 5.43 Å². The summed E-state index contributed by atoms with van der Waals surface area (Å²) in [6, 6.07) is 10.7. The molecule has 2 rings (SSSR count). The van der Waals surface area contributed by atoms with Gasteiger partial charge in [0.05, 0.1) is 23.8 Å². The summed E-state index contributed by atoms with van der Waals surface area (Å²) in [5.41, 5.74) is 3.99. The van der Waals surface area contributed by atoms with Gasteiger partial charge in [-0.25, -0.2) is 5.43 Å². The summed E-state index contributed by atoms with van der Waals surface area (Å²) in [6.45, 7) is 6.55. The van der Waals surface area contributed by atoms with E-state index < -0.39 is 10.8 Å². The molecule has 0 aliphatic carbocycles. The summed E-state index contributed by atoms with van der Waals surface area (Å²) in [6.07, 6.45) is 0. The van der Waals surface area contributed by atoms with Crippen molar-refractivity contribution in [2.75, 3.05) is 13.2 Å².